The summed E-state index contributed by atoms with van der Waals surface area (Å²) in [5, 5.41) is 8.44. The Morgan fingerprint density at radius 2 is 2.00 bits per heavy atom. The molecule has 16 heavy (non-hydrogen) atoms. The first-order valence-corrected chi connectivity index (χ1v) is 5.82. The van der Waals surface area contributed by atoms with Gasteiger partial charge in [0.05, 0.1) is 0 Å². The fourth-order valence-corrected chi connectivity index (χ4v) is 2.01. The lowest BCUT2D eigenvalue weighted by atomic mass is 10.00. The van der Waals surface area contributed by atoms with Gasteiger partial charge in [0.15, 0.2) is 11.0 Å². The fourth-order valence-electron chi connectivity index (χ4n) is 1.91. The largest absolute Gasteiger partial charge is 0.352 e. The molecule has 2 rings (SSSR count). The van der Waals surface area contributed by atoms with Crippen molar-refractivity contribution in [3.63, 3.8) is 0 Å². The molecule has 0 atom stereocenters. The van der Waals surface area contributed by atoms with Crippen molar-refractivity contribution in [2.24, 2.45) is 0 Å². The summed E-state index contributed by atoms with van der Waals surface area (Å²) >= 11 is 5.73. The summed E-state index contributed by atoms with van der Waals surface area (Å²) in [7, 11) is 2.16. The van der Waals surface area contributed by atoms with Gasteiger partial charge in [-0.3, -0.25) is 4.90 Å². The van der Waals surface area contributed by atoms with E-state index in [1.54, 1.807) is 6.07 Å². The molecule has 2 heterocycles. The van der Waals surface area contributed by atoms with E-state index in [4.69, 9.17) is 11.6 Å². The summed E-state index contributed by atoms with van der Waals surface area (Å²) in [5.41, 5.74) is 0.166. The molecule has 4 nitrogen and oxygen atoms in total. The zero-order valence-corrected chi connectivity index (χ0v) is 10.7. The van der Waals surface area contributed by atoms with E-state index >= 15 is 0 Å². The van der Waals surface area contributed by atoms with E-state index in [0.717, 1.165) is 25.5 Å². The Labute approximate surface area is 101 Å². The van der Waals surface area contributed by atoms with Crippen molar-refractivity contribution in [1.82, 2.24) is 15.1 Å². The number of halogens is 1. The van der Waals surface area contributed by atoms with Gasteiger partial charge in [0.1, 0.15) is 0 Å². The van der Waals surface area contributed by atoms with Gasteiger partial charge in [-0.1, -0.05) is 11.6 Å². The molecule has 0 radical (unpaired) electrons. The lowest BCUT2D eigenvalue weighted by Gasteiger charge is -2.45. The highest BCUT2D eigenvalue weighted by molar-refractivity contribution is 6.29. The van der Waals surface area contributed by atoms with Crippen molar-refractivity contribution in [3.8, 4) is 0 Å². The number of nitrogens with zero attached hydrogens (tertiary/aromatic N) is 4. The molecule has 0 unspecified atom stereocenters. The maximum Gasteiger partial charge on any atom is 0.151 e. The minimum Gasteiger partial charge on any atom is -0.352 e. The minimum atomic E-state index is 0.166. The van der Waals surface area contributed by atoms with Crippen LogP contribution in [0.15, 0.2) is 12.1 Å². The highest BCUT2D eigenvalue weighted by Gasteiger charge is 2.31. The third-order valence-electron chi connectivity index (χ3n) is 3.26. The van der Waals surface area contributed by atoms with Crippen molar-refractivity contribution >= 4 is 17.4 Å². The molecule has 0 N–H and O–H groups in total. The second kappa shape index (κ2) is 4.18. The Kier molecular flexibility index (Phi) is 3.04. The second-order valence-corrected chi connectivity index (χ2v) is 5.26. The van der Waals surface area contributed by atoms with Gasteiger partial charge in [-0.05, 0) is 33.0 Å². The molecular formula is C11H17ClN4. The topological polar surface area (TPSA) is 32.3 Å². The fraction of sp³-hybridized carbons (Fsp3) is 0.636. The van der Waals surface area contributed by atoms with Crippen molar-refractivity contribution < 1.29 is 0 Å². The van der Waals surface area contributed by atoms with Gasteiger partial charge >= 0.3 is 0 Å². The van der Waals surface area contributed by atoms with E-state index in [-0.39, 0.29) is 5.54 Å². The highest BCUT2D eigenvalue weighted by atomic mass is 35.5. The predicted molar refractivity (Wildman–Crippen MR) is 66.0 cm³/mol. The Hall–Kier alpha value is -0.870. The molecule has 0 spiro atoms. The van der Waals surface area contributed by atoms with Crippen LogP contribution in [0, 0.1) is 0 Å². The molecule has 1 aliphatic rings. The Morgan fingerprint density at radius 3 is 2.56 bits per heavy atom. The summed E-state index contributed by atoms with van der Waals surface area (Å²) < 4.78 is 0. The van der Waals surface area contributed by atoms with Gasteiger partial charge < -0.3 is 4.90 Å². The Balaban J connectivity index is 2.14. The van der Waals surface area contributed by atoms with Gasteiger partial charge in [0.25, 0.3) is 0 Å². The molecule has 0 aliphatic carbocycles. The zero-order chi connectivity index (χ0) is 11.8. The molecule has 0 bridgehead atoms. The minimum absolute atomic E-state index is 0.166. The number of aromatic nitrogens is 2. The lowest BCUT2D eigenvalue weighted by molar-refractivity contribution is 0.138. The maximum absolute atomic E-state index is 5.73. The summed E-state index contributed by atoms with van der Waals surface area (Å²) in [4.78, 5) is 4.62. The molecule has 0 amide bonds. The number of likely N-dealkylation sites (N-methyl/N-ethyl adjacent to an activating group) is 1. The number of hydrogen-bond acceptors (Lipinski definition) is 4. The smallest absolute Gasteiger partial charge is 0.151 e. The standard InChI is InChI=1S/C11H17ClN4/c1-11(2)8-16(7-6-15(11)3)10-5-4-9(12)13-14-10/h4-5H,6-8H2,1-3H3. The molecule has 0 saturated carbocycles. The maximum atomic E-state index is 5.73. The Morgan fingerprint density at radius 1 is 1.25 bits per heavy atom. The van der Waals surface area contributed by atoms with Crippen molar-refractivity contribution in [2.75, 3.05) is 31.6 Å². The predicted octanol–water partition coefficient (Wildman–Crippen LogP) is 1.66. The lowest BCUT2D eigenvalue weighted by Crippen LogP contribution is -2.57. The zero-order valence-electron chi connectivity index (χ0n) is 9.94. The van der Waals surface area contributed by atoms with Gasteiger partial charge in [0, 0.05) is 25.2 Å². The first-order valence-electron chi connectivity index (χ1n) is 5.44. The molecule has 1 fully saturated rings. The van der Waals surface area contributed by atoms with E-state index in [9.17, 15) is 0 Å². The van der Waals surface area contributed by atoms with E-state index < -0.39 is 0 Å². The molecule has 88 valence electrons. The summed E-state index contributed by atoms with van der Waals surface area (Å²) in [6.45, 7) is 7.46. The quantitative estimate of drug-likeness (QED) is 0.748. The van der Waals surface area contributed by atoms with Crippen LogP contribution in [-0.4, -0.2) is 47.3 Å². The van der Waals surface area contributed by atoms with Crippen LogP contribution in [0.3, 0.4) is 0 Å². The molecule has 0 aromatic carbocycles. The van der Waals surface area contributed by atoms with E-state index in [0.29, 0.717) is 5.15 Å². The van der Waals surface area contributed by atoms with Crippen LogP contribution in [0.5, 0.6) is 0 Å². The van der Waals surface area contributed by atoms with Crippen molar-refractivity contribution in [1.29, 1.82) is 0 Å². The SMILES string of the molecule is CN1CCN(c2ccc(Cl)nn2)CC1(C)C. The van der Waals surface area contributed by atoms with Crippen LogP contribution < -0.4 is 4.90 Å². The number of anilines is 1. The van der Waals surface area contributed by atoms with E-state index in [2.05, 4.69) is 40.9 Å². The summed E-state index contributed by atoms with van der Waals surface area (Å²) in [6.07, 6.45) is 0. The van der Waals surface area contributed by atoms with E-state index in [1.807, 2.05) is 6.07 Å². The van der Waals surface area contributed by atoms with Crippen LogP contribution in [0.2, 0.25) is 5.15 Å². The average Bonchev–Trinajstić information content (AvgIpc) is 2.23. The van der Waals surface area contributed by atoms with E-state index in [1.165, 1.54) is 0 Å². The van der Waals surface area contributed by atoms with Crippen LogP contribution >= 0.6 is 11.6 Å². The van der Waals surface area contributed by atoms with Crippen LogP contribution in [0.25, 0.3) is 0 Å². The number of rotatable bonds is 1. The highest BCUT2D eigenvalue weighted by Crippen LogP contribution is 2.22. The van der Waals surface area contributed by atoms with Gasteiger partial charge in [0.2, 0.25) is 0 Å². The van der Waals surface area contributed by atoms with Crippen LogP contribution in [0.4, 0.5) is 5.82 Å². The van der Waals surface area contributed by atoms with Crippen molar-refractivity contribution in [2.45, 2.75) is 19.4 Å². The van der Waals surface area contributed by atoms with Crippen LogP contribution in [0.1, 0.15) is 13.8 Å². The first-order chi connectivity index (χ1) is 7.49. The first kappa shape index (κ1) is 11.6. The van der Waals surface area contributed by atoms with Gasteiger partial charge in [-0.2, -0.15) is 0 Å². The molecule has 1 aromatic heterocycles. The molecule has 1 aliphatic heterocycles. The summed E-state index contributed by atoms with van der Waals surface area (Å²) in [6, 6.07) is 3.71. The molecule has 5 heteroatoms. The number of piperazine rings is 1. The monoisotopic (exact) mass is 240 g/mol. The molecule has 1 aromatic rings. The Bertz CT molecular complexity index is 363. The summed E-state index contributed by atoms with van der Waals surface area (Å²) in [5.74, 6) is 0.908. The third kappa shape index (κ3) is 2.28. The molecular weight excluding hydrogens is 224 g/mol. The average molecular weight is 241 g/mol. The van der Waals surface area contributed by atoms with Crippen LogP contribution in [-0.2, 0) is 0 Å². The normalized spacial score (nSPS) is 21.1. The second-order valence-electron chi connectivity index (χ2n) is 4.87. The van der Waals surface area contributed by atoms with Gasteiger partial charge in [-0.25, -0.2) is 0 Å². The van der Waals surface area contributed by atoms with Crippen molar-refractivity contribution in [3.05, 3.63) is 17.3 Å². The van der Waals surface area contributed by atoms with Gasteiger partial charge in [-0.15, -0.1) is 10.2 Å². The number of hydrogen-bond donors (Lipinski definition) is 0. The molecule has 1 saturated heterocycles. The third-order valence-corrected chi connectivity index (χ3v) is 3.46.